The number of guanidine groups is 1. The lowest BCUT2D eigenvalue weighted by molar-refractivity contribution is 0.504. The minimum absolute atomic E-state index is 0. The number of nitrogens with zero attached hydrogens (tertiary/aromatic N) is 4. The Morgan fingerprint density at radius 3 is 2.70 bits per heavy atom. The van der Waals surface area contributed by atoms with Crippen LogP contribution in [0.25, 0.3) is 0 Å². The molecule has 0 unspecified atom stereocenters. The number of aliphatic imine (C=N–C) groups is 1. The smallest absolute Gasteiger partial charge is 0.191 e. The van der Waals surface area contributed by atoms with Crippen LogP contribution in [0.5, 0.6) is 0 Å². The molecular formula is C16H23IN6. The van der Waals surface area contributed by atoms with Crippen molar-refractivity contribution in [2.75, 3.05) is 7.05 Å². The van der Waals surface area contributed by atoms with Gasteiger partial charge in [0.1, 0.15) is 5.82 Å². The molecule has 0 saturated carbocycles. The molecule has 0 spiro atoms. The summed E-state index contributed by atoms with van der Waals surface area (Å²) in [6.45, 7) is 2.41. The van der Waals surface area contributed by atoms with Crippen molar-refractivity contribution in [2.24, 2.45) is 4.99 Å². The first-order valence-electron chi connectivity index (χ1n) is 7.76. The van der Waals surface area contributed by atoms with Gasteiger partial charge in [-0.3, -0.25) is 4.99 Å². The van der Waals surface area contributed by atoms with Gasteiger partial charge in [0.15, 0.2) is 11.8 Å². The molecule has 1 aliphatic rings. The van der Waals surface area contributed by atoms with E-state index in [1.54, 1.807) is 7.05 Å². The normalized spacial score (nSPS) is 13.9. The highest BCUT2D eigenvalue weighted by atomic mass is 127. The van der Waals surface area contributed by atoms with Gasteiger partial charge in [-0.05, 0) is 18.4 Å². The standard InChI is InChI=1S/C16H22N6.HI/c1-17-16(18-11-13-7-3-2-4-8-13)19-12-15-21-20-14-9-5-6-10-22(14)15;/h2-4,7-8H,5-6,9-12H2,1H3,(H2,17,18,19);1H. The van der Waals surface area contributed by atoms with Crippen LogP contribution in [0, 0.1) is 0 Å². The maximum absolute atomic E-state index is 4.29. The molecule has 2 N–H and O–H groups in total. The zero-order valence-corrected chi connectivity index (χ0v) is 15.7. The molecule has 2 aromatic rings. The highest BCUT2D eigenvalue weighted by Gasteiger charge is 2.15. The molecule has 1 aliphatic heterocycles. The fraction of sp³-hybridized carbons (Fsp3) is 0.438. The second-order valence-corrected chi connectivity index (χ2v) is 5.41. The van der Waals surface area contributed by atoms with Gasteiger partial charge in [-0.15, -0.1) is 34.2 Å². The third-order valence-electron chi connectivity index (χ3n) is 3.88. The molecule has 0 bridgehead atoms. The maximum Gasteiger partial charge on any atom is 0.191 e. The molecule has 124 valence electrons. The van der Waals surface area contributed by atoms with E-state index in [2.05, 4.69) is 42.5 Å². The number of nitrogens with one attached hydrogen (secondary N) is 2. The molecule has 0 atom stereocenters. The summed E-state index contributed by atoms with van der Waals surface area (Å²) >= 11 is 0. The van der Waals surface area contributed by atoms with Crippen LogP contribution < -0.4 is 10.6 Å². The molecule has 3 rings (SSSR count). The predicted octanol–water partition coefficient (Wildman–Crippen LogP) is 2.10. The third-order valence-corrected chi connectivity index (χ3v) is 3.88. The third kappa shape index (κ3) is 4.66. The number of fused-ring (bicyclic) bond motifs is 1. The van der Waals surface area contributed by atoms with Crippen molar-refractivity contribution in [2.45, 2.75) is 38.9 Å². The second-order valence-electron chi connectivity index (χ2n) is 5.41. The zero-order chi connectivity index (χ0) is 15.2. The van der Waals surface area contributed by atoms with Crippen LogP contribution in [0.1, 0.15) is 30.1 Å². The van der Waals surface area contributed by atoms with Gasteiger partial charge in [-0.2, -0.15) is 0 Å². The number of aromatic nitrogens is 3. The van der Waals surface area contributed by atoms with Crippen LogP contribution in [0.3, 0.4) is 0 Å². The van der Waals surface area contributed by atoms with Crippen LogP contribution >= 0.6 is 24.0 Å². The van der Waals surface area contributed by atoms with Gasteiger partial charge in [0.2, 0.25) is 0 Å². The molecule has 0 aliphatic carbocycles. The van der Waals surface area contributed by atoms with Gasteiger partial charge >= 0.3 is 0 Å². The molecule has 0 saturated heterocycles. The number of aryl methyl sites for hydroxylation is 1. The maximum atomic E-state index is 4.29. The van der Waals surface area contributed by atoms with Crippen LogP contribution in [0.15, 0.2) is 35.3 Å². The van der Waals surface area contributed by atoms with Crippen LogP contribution in [-0.4, -0.2) is 27.8 Å². The molecule has 7 heteroatoms. The lowest BCUT2D eigenvalue weighted by atomic mass is 10.2. The predicted molar refractivity (Wildman–Crippen MR) is 102 cm³/mol. The van der Waals surface area contributed by atoms with E-state index in [1.165, 1.54) is 18.4 Å². The van der Waals surface area contributed by atoms with Gasteiger partial charge in [-0.1, -0.05) is 30.3 Å². The summed E-state index contributed by atoms with van der Waals surface area (Å²) in [6.07, 6.45) is 3.46. The first-order chi connectivity index (χ1) is 10.9. The summed E-state index contributed by atoms with van der Waals surface area (Å²) in [5.74, 6) is 2.87. The molecular weight excluding hydrogens is 403 g/mol. The van der Waals surface area contributed by atoms with Gasteiger partial charge in [0.25, 0.3) is 0 Å². The van der Waals surface area contributed by atoms with E-state index in [1.807, 2.05) is 18.2 Å². The molecule has 2 heterocycles. The van der Waals surface area contributed by atoms with Crippen molar-refractivity contribution in [1.29, 1.82) is 0 Å². The average molecular weight is 426 g/mol. The van der Waals surface area contributed by atoms with Crippen molar-refractivity contribution >= 4 is 29.9 Å². The van der Waals surface area contributed by atoms with E-state index in [0.717, 1.165) is 37.1 Å². The first kappa shape index (κ1) is 17.7. The fourth-order valence-electron chi connectivity index (χ4n) is 2.66. The highest BCUT2D eigenvalue weighted by Crippen LogP contribution is 2.13. The number of hydrogen-bond donors (Lipinski definition) is 2. The highest BCUT2D eigenvalue weighted by molar-refractivity contribution is 14.0. The van der Waals surface area contributed by atoms with E-state index in [-0.39, 0.29) is 24.0 Å². The Labute approximate surface area is 153 Å². The zero-order valence-electron chi connectivity index (χ0n) is 13.3. The summed E-state index contributed by atoms with van der Waals surface area (Å²) in [5, 5.41) is 15.2. The number of rotatable bonds is 4. The molecule has 0 fully saturated rings. The van der Waals surface area contributed by atoms with E-state index >= 15 is 0 Å². The Bertz CT molecular complexity index is 637. The SMILES string of the molecule is CN=C(NCc1ccccc1)NCc1nnc2n1CCCC2.I. The van der Waals surface area contributed by atoms with Gasteiger partial charge in [0.05, 0.1) is 6.54 Å². The summed E-state index contributed by atoms with van der Waals surface area (Å²) in [6, 6.07) is 10.3. The van der Waals surface area contributed by atoms with Crippen molar-refractivity contribution in [3.05, 3.63) is 47.5 Å². The Balaban J connectivity index is 0.00000192. The average Bonchev–Trinajstić information content (AvgIpc) is 2.99. The number of benzene rings is 1. The van der Waals surface area contributed by atoms with Crippen molar-refractivity contribution < 1.29 is 0 Å². The molecule has 6 nitrogen and oxygen atoms in total. The van der Waals surface area contributed by atoms with E-state index in [4.69, 9.17) is 0 Å². The monoisotopic (exact) mass is 426 g/mol. The van der Waals surface area contributed by atoms with Gasteiger partial charge in [0, 0.05) is 26.6 Å². The molecule has 1 aromatic carbocycles. The Kier molecular flexibility index (Phi) is 6.82. The van der Waals surface area contributed by atoms with Crippen LogP contribution in [0.2, 0.25) is 0 Å². The molecule has 0 radical (unpaired) electrons. The largest absolute Gasteiger partial charge is 0.352 e. The van der Waals surface area contributed by atoms with Crippen LogP contribution in [0.4, 0.5) is 0 Å². The van der Waals surface area contributed by atoms with Crippen molar-refractivity contribution in [1.82, 2.24) is 25.4 Å². The molecule has 0 amide bonds. The molecule has 1 aromatic heterocycles. The first-order valence-corrected chi connectivity index (χ1v) is 7.76. The topological polar surface area (TPSA) is 67.1 Å². The van der Waals surface area contributed by atoms with Gasteiger partial charge < -0.3 is 15.2 Å². The Morgan fingerprint density at radius 2 is 1.91 bits per heavy atom. The lowest BCUT2D eigenvalue weighted by Gasteiger charge is -2.16. The van der Waals surface area contributed by atoms with E-state index in [9.17, 15) is 0 Å². The van der Waals surface area contributed by atoms with Crippen molar-refractivity contribution in [3.63, 3.8) is 0 Å². The fourth-order valence-corrected chi connectivity index (χ4v) is 2.66. The van der Waals surface area contributed by atoms with E-state index in [0.29, 0.717) is 6.54 Å². The lowest BCUT2D eigenvalue weighted by Crippen LogP contribution is -2.37. The minimum Gasteiger partial charge on any atom is -0.352 e. The minimum atomic E-state index is 0. The summed E-state index contributed by atoms with van der Waals surface area (Å²) in [4.78, 5) is 4.25. The quantitative estimate of drug-likeness (QED) is 0.447. The molecule has 23 heavy (non-hydrogen) atoms. The van der Waals surface area contributed by atoms with Crippen molar-refractivity contribution in [3.8, 4) is 0 Å². The number of halogens is 1. The Morgan fingerprint density at radius 1 is 1.13 bits per heavy atom. The van der Waals surface area contributed by atoms with Gasteiger partial charge in [-0.25, -0.2) is 0 Å². The summed E-state index contributed by atoms with van der Waals surface area (Å²) in [7, 11) is 1.78. The Hall–Kier alpha value is -1.64. The summed E-state index contributed by atoms with van der Waals surface area (Å²) < 4.78 is 2.22. The summed E-state index contributed by atoms with van der Waals surface area (Å²) in [5.41, 5.74) is 1.23. The number of hydrogen-bond acceptors (Lipinski definition) is 3. The van der Waals surface area contributed by atoms with E-state index < -0.39 is 0 Å². The van der Waals surface area contributed by atoms with Crippen LogP contribution in [-0.2, 0) is 26.1 Å². The second kappa shape index (κ2) is 8.85.